The minimum absolute atomic E-state index is 0.986. The lowest BCUT2D eigenvalue weighted by molar-refractivity contribution is 1.10. The van der Waals surface area contributed by atoms with Gasteiger partial charge in [0.15, 0.2) is 17.5 Å². The molecule has 0 fully saturated rings. The van der Waals surface area contributed by atoms with Crippen molar-refractivity contribution in [2.24, 2.45) is 0 Å². The van der Waals surface area contributed by atoms with E-state index in [-0.39, 0.29) is 0 Å². The number of fused-ring (bicyclic) bond motifs is 40. The Morgan fingerprint density at radius 3 is 0.905 bits per heavy atom. The van der Waals surface area contributed by atoms with Gasteiger partial charge in [0.1, 0.15) is 0 Å². The van der Waals surface area contributed by atoms with Gasteiger partial charge in [0.25, 0.3) is 0 Å². The molecule has 0 radical (unpaired) electrons. The minimum atomic E-state index is 0.986. The molecule has 14 heterocycles. The third-order valence-corrected chi connectivity index (χ3v) is 34.3. The van der Waals surface area contributed by atoms with Gasteiger partial charge in [-0.05, 0) is 139 Å². The van der Waals surface area contributed by atoms with Crippen LogP contribution in [0.25, 0.3) is 277 Å². The van der Waals surface area contributed by atoms with E-state index < -0.39 is 0 Å². The third kappa shape index (κ3) is 11.1. The summed E-state index contributed by atoms with van der Waals surface area (Å²) in [5.74, 6) is 2.97. The van der Waals surface area contributed by atoms with Gasteiger partial charge in [0, 0.05) is 182 Å². The van der Waals surface area contributed by atoms with Crippen molar-refractivity contribution >= 4 is 288 Å². The number of rotatable bonds is 7. The molecule has 638 valence electrons. The molecule has 9 nitrogen and oxygen atoms in total. The van der Waals surface area contributed by atoms with Crippen LogP contribution in [-0.2, 0) is 0 Å². The first-order valence-electron chi connectivity index (χ1n) is 46.2. The molecular formula is C123H71N9S5. The van der Waals surface area contributed by atoms with E-state index in [1.807, 2.05) is 75.3 Å². The Morgan fingerprint density at radius 1 is 0.146 bits per heavy atom. The maximum absolute atomic E-state index is 5.14. The van der Waals surface area contributed by atoms with Gasteiger partial charge < -0.3 is 13.7 Å². The number of para-hydroxylation sites is 11. The molecule has 0 saturated carbocycles. The predicted octanol–water partition coefficient (Wildman–Crippen LogP) is 35.3. The van der Waals surface area contributed by atoms with Gasteiger partial charge in [-0.15, -0.1) is 56.7 Å². The Hall–Kier alpha value is -16.7. The zero-order valence-electron chi connectivity index (χ0n) is 73.1. The molecule has 0 saturated heterocycles. The number of benzene rings is 18. The van der Waals surface area contributed by atoms with Gasteiger partial charge in [-0.1, -0.05) is 285 Å². The molecular weight excluding hydrogens is 1760 g/mol. The van der Waals surface area contributed by atoms with Crippen LogP contribution in [0.5, 0.6) is 0 Å². The van der Waals surface area contributed by atoms with E-state index in [9.17, 15) is 0 Å². The van der Waals surface area contributed by atoms with Crippen molar-refractivity contribution in [1.29, 1.82) is 0 Å². The lowest BCUT2D eigenvalue weighted by Crippen LogP contribution is -1.96. The van der Waals surface area contributed by atoms with Crippen molar-refractivity contribution in [2.75, 3.05) is 0 Å². The van der Waals surface area contributed by atoms with Gasteiger partial charge >= 0.3 is 0 Å². The monoisotopic (exact) mass is 1830 g/mol. The van der Waals surface area contributed by atoms with Crippen molar-refractivity contribution in [3.63, 3.8) is 0 Å². The van der Waals surface area contributed by atoms with Crippen molar-refractivity contribution in [3.8, 4) is 45.6 Å². The van der Waals surface area contributed by atoms with E-state index in [4.69, 9.17) is 15.0 Å². The summed E-state index contributed by atoms with van der Waals surface area (Å²) in [4.78, 5) is 15.3. The number of nitrogens with zero attached hydrogens (tertiary/aromatic N) is 9. The zero-order valence-corrected chi connectivity index (χ0v) is 77.1. The molecule has 0 amide bonds. The highest BCUT2D eigenvalue weighted by molar-refractivity contribution is 7.31. The van der Waals surface area contributed by atoms with Crippen molar-refractivity contribution in [1.82, 2.24) is 42.4 Å². The summed E-state index contributed by atoms with van der Waals surface area (Å²) in [6.45, 7) is 0. The molecule has 0 aliphatic heterocycles. The summed E-state index contributed by atoms with van der Waals surface area (Å²) in [6.07, 6.45) is 5.98. The number of aromatic nitrogens is 9. The summed E-state index contributed by atoms with van der Waals surface area (Å²) < 4.78 is 27.3. The van der Waals surface area contributed by atoms with Gasteiger partial charge in [-0.2, -0.15) is 0 Å². The lowest BCUT2D eigenvalue weighted by Gasteiger charge is -2.09. The second-order valence-electron chi connectivity index (χ2n) is 35.4. The van der Waals surface area contributed by atoms with Gasteiger partial charge in [-0.25, -0.2) is 15.0 Å². The van der Waals surface area contributed by atoms with E-state index >= 15 is 0 Å². The summed E-state index contributed by atoms with van der Waals surface area (Å²) >= 11 is 9.47. The summed E-state index contributed by atoms with van der Waals surface area (Å²) in [7, 11) is 0. The molecule has 32 aromatic rings. The molecule has 0 unspecified atom stereocenters. The zero-order chi connectivity index (χ0) is 89.3. The maximum Gasteiger partial charge on any atom is 0.155 e. The standard InChI is InChI=1S/2C41H23N3S2.C41H25N3S/c1-2-12-24(13-3-1)43-32-20-10-6-16-27(32)36-37(43)40-34(28-17-7-11-21-33(28)45-40)35-29-22-23-42-41(38(29)46-39(35)36)44-30-18-8-4-14-25(30)26-15-5-9-19-31(26)44;1-2-12-24(13-3-1)43-32-20-10-6-16-27(32)34-37(43)35-28-17-7-11-21-33(28)45-39(35)36-29-22-23-42-41(38(29)46-40(34)36)44-30-18-8-4-14-25(30)26-15-5-9-19-31(26)44;1-2-10-26(11-3-1)27-18-20-28(21-19-27)43-36-17-9-6-14-33(36)38-37(43)23-22-31-32-24-25-42-41(40(32)45-39(31)38)44-34-15-7-4-12-29(34)30-13-5-8-16-35(30)44/h2*1-23H;1-25H. The maximum atomic E-state index is 5.14. The summed E-state index contributed by atoms with van der Waals surface area (Å²) in [5, 5.41) is 28.3. The normalized spacial score (nSPS) is 12.2. The van der Waals surface area contributed by atoms with Crippen molar-refractivity contribution in [2.45, 2.75) is 0 Å². The first-order valence-corrected chi connectivity index (χ1v) is 50.3. The van der Waals surface area contributed by atoms with Crippen LogP contribution in [0, 0.1) is 0 Å². The second kappa shape index (κ2) is 29.9. The Balaban J connectivity index is 0.0000000973. The fourth-order valence-corrected chi connectivity index (χ4v) is 29.3. The van der Waals surface area contributed by atoms with E-state index in [0.717, 1.165) is 23.1 Å². The molecule has 14 aromatic heterocycles. The third-order valence-electron chi connectivity index (χ3n) is 28.3. The van der Waals surface area contributed by atoms with Crippen LogP contribution in [0.3, 0.4) is 0 Å². The lowest BCUT2D eigenvalue weighted by atomic mass is 10.0. The Morgan fingerprint density at radius 2 is 0.438 bits per heavy atom. The van der Waals surface area contributed by atoms with Crippen LogP contribution in [-0.4, -0.2) is 42.4 Å². The smallest absolute Gasteiger partial charge is 0.155 e. The fourth-order valence-electron chi connectivity index (χ4n) is 22.7. The molecule has 0 bridgehead atoms. The molecule has 0 spiro atoms. The minimum Gasteiger partial charge on any atom is -0.309 e. The van der Waals surface area contributed by atoms with Crippen LogP contribution < -0.4 is 0 Å². The molecule has 14 heteroatoms. The largest absolute Gasteiger partial charge is 0.309 e. The Kier molecular flexibility index (Phi) is 16.8. The predicted molar refractivity (Wildman–Crippen MR) is 589 cm³/mol. The van der Waals surface area contributed by atoms with E-state index in [2.05, 4.69) is 440 Å². The SMILES string of the molecule is c1ccc(-c2ccc(-n3c4ccccc4c4c5sc6c(-n7c8ccccc8c8ccccc87)nccc6c5ccc43)cc2)cc1.c1ccc(-n2c3ccccc3c3c4sc5c(-n6c7ccccc7c7ccccc76)nccc5c4c4c5ccccc5sc4c32)cc1.c1ccc(-n2c3ccccc3c3c4sc5c(-n6c7ccccc7c7ccccc76)nccc5c4c4sc5ccccc5c4c32)cc1. The molecule has 0 N–H and O–H groups in total. The van der Waals surface area contributed by atoms with Crippen LogP contribution >= 0.6 is 56.7 Å². The van der Waals surface area contributed by atoms with E-state index in [1.54, 1.807) is 0 Å². The van der Waals surface area contributed by atoms with Crippen molar-refractivity contribution < 1.29 is 0 Å². The fraction of sp³-hybridized carbons (Fsp3) is 0. The summed E-state index contributed by atoms with van der Waals surface area (Å²) in [6, 6.07) is 149. The average molecular weight is 1840 g/mol. The molecule has 0 atom stereocenters. The van der Waals surface area contributed by atoms with Crippen LogP contribution in [0.4, 0.5) is 0 Å². The first kappa shape index (κ1) is 76.8. The number of thiophene rings is 5. The van der Waals surface area contributed by atoms with Crippen LogP contribution in [0.1, 0.15) is 0 Å². The number of hydrogen-bond acceptors (Lipinski definition) is 8. The van der Waals surface area contributed by atoms with Gasteiger partial charge in [-0.3, -0.25) is 13.7 Å². The second-order valence-corrected chi connectivity index (χ2v) is 40.6. The summed E-state index contributed by atoms with van der Waals surface area (Å²) in [5.41, 5.74) is 20.5. The first-order chi connectivity index (χ1) is 68.1. The van der Waals surface area contributed by atoms with Crippen LogP contribution in [0.15, 0.2) is 431 Å². The Bertz CT molecular complexity index is 10600. The number of hydrogen-bond donors (Lipinski definition) is 0. The molecule has 0 aliphatic carbocycles. The van der Waals surface area contributed by atoms with Crippen molar-refractivity contribution in [3.05, 3.63) is 431 Å². The molecule has 32 rings (SSSR count). The molecule has 137 heavy (non-hydrogen) atoms. The average Bonchev–Trinajstić information content (AvgIpc) is 1.52. The highest BCUT2D eigenvalue weighted by Crippen LogP contribution is 2.57. The topological polar surface area (TPSA) is 68.2 Å². The molecule has 18 aromatic carbocycles. The van der Waals surface area contributed by atoms with Gasteiger partial charge in [0.05, 0.1) is 85.0 Å². The highest BCUT2D eigenvalue weighted by atomic mass is 32.1. The van der Waals surface area contributed by atoms with E-state index in [1.165, 1.54) is 254 Å². The van der Waals surface area contributed by atoms with E-state index in [0.29, 0.717) is 0 Å². The van der Waals surface area contributed by atoms with Crippen LogP contribution in [0.2, 0.25) is 0 Å². The number of pyridine rings is 3. The quantitative estimate of drug-likeness (QED) is 0.160. The highest BCUT2D eigenvalue weighted by Gasteiger charge is 2.31. The molecule has 0 aliphatic rings. The van der Waals surface area contributed by atoms with Gasteiger partial charge in [0.2, 0.25) is 0 Å². The Labute approximate surface area is 800 Å².